The van der Waals surface area contributed by atoms with Gasteiger partial charge in [-0.1, -0.05) is 54.1 Å². The third-order valence-electron chi connectivity index (χ3n) is 5.96. The van der Waals surface area contributed by atoms with Crippen LogP contribution in [0.15, 0.2) is 91.0 Å². The second-order valence-corrected chi connectivity index (χ2v) is 7.92. The van der Waals surface area contributed by atoms with E-state index in [0.717, 1.165) is 28.1 Å². The summed E-state index contributed by atoms with van der Waals surface area (Å²) in [5.74, 6) is 1.05. The van der Waals surface area contributed by atoms with E-state index >= 15 is 0 Å². The fourth-order valence-electron chi connectivity index (χ4n) is 4.50. The summed E-state index contributed by atoms with van der Waals surface area (Å²) in [6, 6.07) is 29.5. The minimum atomic E-state index is -1.04. The van der Waals surface area contributed by atoms with E-state index in [1.807, 2.05) is 78.9 Å². The Hall–Kier alpha value is -4.05. The molecule has 1 unspecified atom stereocenters. The lowest BCUT2D eigenvalue weighted by Crippen LogP contribution is -2.33. The molecule has 4 nitrogen and oxygen atoms in total. The number of hydrogen-bond acceptors (Lipinski definition) is 4. The lowest BCUT2D eigenvalue weighted by atomic mass is 9.77. The minimum Gasteiger partial charge on any atom is -0.456 e. The molecule has 0 amide bonds. The number of aryl methyl sites for hydroxylation is 1. The van der Waals surface area contributed by atoms with Crippen molar-refractivity contribution in [1.82, 2.24) is 0 Å². The minimum absolute atomic E-state index is 0.324. The number of carbonyl (C=O) groups excluding carboxylic acids is 1. The Bertz CT molecular complexity index is 1340. The molecule has 6 rings (SSSR count). The van der Waals surface area contributed by atoms with Crippen LogP contribution in [0.2, 0.25) is 0 Å². The monoisotopic (exact) mass is 405 g/mol. The number of carbonyl (C=O) groups is 1. The molecule has 0 aliphatic carbocycles. The summed E-state index contributed by atoms with van der Waals surface area (Å²) in [5.41, 5.74) is 5.10. The zero-order chi connectivity index (χ0) is 21.0. The van der Waals surface area contributed by atoms with Crippen LogP contribution in [0, 0.1) is 6.92 Å². The van der Waals surface area contributed by atoms with Crippen molar-refractivity contribution in [2.45, 2.75) is 12.5 Å². The van der Waals surface area contributed by atoms with Crippen LogP contribution in [0.1, 0.15) is 32.6 Å². The zero-order valence-corrected chi connectivity index (χ0v) is 16.9. The van der Waals surface area contributed by atoms with Crippen LogP contribution >= 0.6 is 0 Å². The number of anilines is 2. The molecule has 1 spiro atoms. The molecule has 2 heterocycles. The van der Waals surface area contributed by atoms with Gasteiger partial charge in [-0.3, -0.25) is 0 Å². The third kappa shape index (κ3) is 2.58. The number of nitrogens with one attached hydrogen (secondary N) is 1. The van der Waals surface area contributed by atoms with Crippen LogP contribution in [-0.2, 0) is 10.3 Å². The third-order valence-corrected chi connectivity index (χ3v) is 5.96. The predicted octanol–water partition coefficient (Wildman–Crippen LogP) is 6.31. The van der Waals surface area contributed by atoms with Gasteiger partial charge in [-0.15, -0.1) is 0 Å². The molecule has 0 fully saturated rings. The highest BCUT2D eigenvalue weighted by Gasteiger charge is 2.53. The van der Waals surface area contributed by atoms with E-state index in [9.17, 15) is 4.79 Å². The highest BCUT2D eigenvalue weighted by atomic mass is 16.6. The summed E-state index contributed by atoms with van der Waals surface area (Å²) in [6.07, 6.45) is 0. The maximum Gasteiger partial charge on any atom is 0.340 e. The molecular formula is C27H19NO3. The number of fused-ring (bicyclic) bond motifs is 6. The molecular weight excluding hydrogens is 386 g/mol. The van der Waals surface area contributed by atoms with Gasteiger partial charge in [0.15, 0.2) is 5.60 Å². The smallest absolute Gasteiger partial charge is 0.340 e. The van der Waals surface area contributed by atoms with Gasteiger partial charge in [-0.05, 0) is 49.4 Å². The first-order valence-corrected chi connectivity index (χ1v) is 10.2. The highest BCUT2D eigenvalue weighted by molar-refractivity contribution is 5.97. The average Bonchev–Trinajstić information content (AvgIpc) is 3.09. The van der Waals surface area contributed by atoms with Crippen molar-refractivity contribution in [3.8, 4) is 11.5 Å². The van der Waals surface area contributed by atoms with Crippen LogP contribution in [0.3, 0.4) is 0 Å². The van der Waals surface area contributed by atoms with Gasteiger partial charge in [0.25, 0.3) is 0 Å². The summed E-state index contributed by atoms with van der Waals surface area (Å²) in [5, 5.41) is 3.45. The molecule has 0 aromatic heterocycles. The van der Waals surface area contributed by atoms with Gasteiger partial charge >= 0.3 is 5.97 Å². The van der Waals surface area contributed by atoms with Crippen molar-refractivity contribution in [1.29, 1.82) is 0 Å². The maximum absolute atomic E-state index is 12.9. The largest absolute Gasteiger partial charge is 0.456 e. The number of rotatable bonds is 2. The number of esters is 1. The normalized spacial score (nSPS) is 17.9. The second kappa shape index (κ2) is 6.47. The van der Waals surface area contributed by atoms with Crippen molar-refractivity contribution >= 4 is 17.3 Å². The van der Waals surface area contributed by atoms with Crippen LogP contribution < -0.4 is 10.1 Å². The topological polar surface area (TPSA) is 47.6 Å². The van der Waals surface area contributed by atoms with Crippen molar-refractivity contribution < 1.29 is 14.3 Å². The summed E-state index contributed by atoms with van der Waals surface area (Å²) in [4.78, 5) is 12.9. The van der Waals surface area contributed by atoms with E-state index in [1.165, 1.54) is 5.56 Å². The Morgan fingerprint density at radius 2 is 1.39 bits per heavy atom. The van der Waals surface area contributed by atoms with Gasteiger partial charge < -0.3 is 14.8 Å². The highest BCUT2D eigenvalue weighted by Crippen LogP contribution is 2.56. The van der Waals surface area contributed by atoms with E-state index in [1.54, 1.807) is 0 Å². The van der Waals surface area contributed by atoms with Gasteiger partial charge in [0.1, 0.15) is 11.5 Å². The van der Waals surface area contributed by atoms with Crippen molar-refractivity contribution in [2.24, 2.45) is 0 Å². The van der Waals surface area contributed by atoms with E-state index < -0.39 is 5.60 Å². The van der Waals surface area contributed by atoms with Gasteiger partial charge in [0.2, 0.25) is 0 Å². The molecule has 150 valence electrons. The Balaban J connectivity index is 1.56. The Kier molecular flexibility index (Phi) is 3.71. The Labute approximate surface area is 180 Å². The number of ether oxygens (including phenoxy) is 2. The van der Waals surface area contributed by atoms with Crippen LogP contribution in [0.25, 0.3) is 0 Å². The number of hydrogen-bond donors (Lipinski definition) is 1. The molecule has 2 aliphatic rings. The molecule has 4 heteroatoms. The van der Waals surface area contributed by atoms with E-state index in [2.05, 4.69) is 24.4 Å². The van der Waals surface area contributed by atoms with Crippen molar-refractivity contribution in [2.75, 3.05) is 5.32 Å². The van der Waals surface area contributed by atoms with Crippen molar-refractivity contribution in [3.05, 3.63) is 119 Å². The summed E-state index contributed by atoms with van der Waals surface area (Å²) < 4.78 is 12.4. The van der Waals surface area contributed by atoms with E-state index in [-0.39, 0.29) is 5.97 Å². The first-order valence-electron chi connectivity index (χ1n) is 10.2. The average molecular weight is 405 g/mol. The van der Waals surface area contributed by atoms with Gasteiger partial charge in [-0.25, -0.2) is 4.79 Å². The number of benzene rings is 4. The van der Waals surface area contributed by atoms with Crippen LogP contribution in [0.4, 0.5) is 11.4 Å². The molecule has 2 aliphatic heterocycles. The number of para-hydroxylation sites is 1. The fourth-order valence-corrected chi connectivity index (χ4v) is 4.50. The molecule has 4 aromatic carbocycles. The first-order chi connectivity index (χ1) is 15.1. The maximum atomic E-state index is 12.9. The first kappa shape index (κ1) is 17.8. The lowest BCUT2D eigenvalue weighted by Gasteiger charge is -2.36. The Morgan fingerprint density at radius 1 is 0.710 bits per heavy atom. The predicted molar refractivity (Wildman–Crippen MR) is 119 cm³/mol. The molecule has 0 saturated carbocycles. The lowest BCUT2D eigenvalue weighted by molar-refractivity contribution is 0.0224. The second-order valence-electron chi connectivity index (χ2n) is 7.92. The van der Waals surface area contributed by atoms with E-state index in [4.69, 9.17) is 9.47 Å². The molecule has 0 radical (unpaired) electrons. The molecule has 0 saturated heterocycles. The molecule has 4 aromatic rings. The zero-order valence-electron chi connectivity index (χ0n) is 16.9. The summed E-state index contributed by atoms with van der Waals surface area (Å²) in [6.45, 7) is 2.06. The standard InChI is InChI=1S/C27H19NO3/c1-17-10-12-18(13-11-17)28-19-14-15-25-23(16-19)27(22-8-4-5-9-24(22)30-25)21-7-3-2-6-20(21)26(29)31-27/h2-16,28H,1H3. The molecule has 1 atom stereocenters. The van der Waals surface area contributed by atoms with Gasteiger partial charge in [0.05, 0.1) is 5.56 Å². The molecule has 0 bridgehead atoms. The molecule has 1 N–H and O–H groups in total. The summed E-state index contributed by atoms with van der Waals surface area (Å²) >= 11 is 0. The van der Waals surface area contributed by atoms with E-state index in [0.29, 0.717) is 17.1 Å². The molecule has 31 heavy (non-hydrogen) atoms. The quantitative estimate of drug-likeness (QED) is 0.397. The van der Waals surface area contributed by atoms with Crippen molar-refractivity contribution in [3.63, 3.8) is 0 Å². The van der Waals surface area contributed by atoms with Crippen LogP contribution in [0.5, 0.6) is 11.5 Å². The van der Waals surface area contributed by atoms with Gasteiger partial charge in [-0.2, -0.15) is 0 Å². The summed E-state index contributed by atoms with van der Waals surface area (Å²) in [7, 11) is 0. The van der Waals surface area contributed by atoms with Gasteiger partial charge in [0, 0.05) is 28.1 Å². The van der Waals surface area contributed by atoms with Crippen LogP contribution in [-0.4, -0.2) is 5.97 Å². The fraction of sp³-hybridized carbons (Fsp3) is 0.0741. The Morgan fingerprint density at radius 3 is 2.23 bits per heavy atom. The SMILES string of the molecule is Cc1ccc(Nc2ccc3c(c2)C2(OC(=O)c4ccccc42)c2ccccc2O3)cc1.